The quantitative estimate of drug-likeness (QED) is 0.276. The van der Waals surface area contributed by atoms with Gasteiger partial charge in [0.15, 0.2) is 0 Å². The summed E-state index contributed by atoms with van der Waals surface area (Å²) in [6.07, 6.45) is 2.82. The van der Waals surface area contributed by atoms with E-state index in [2.05, 4.69) is 27.7 Å². The highest BCUT2D eigenvalue weighted by molar-refractivity contribution is 5.92. The molecule has 0 spiro atoms. The van der Waals surface area contributed by atoms with Crippen molar-refractivity contribution in [2.75, 3.05) is 0 Å². The second-order valence-corrected chi connectivity index (χ2v) is 13.3. The molecule has 5 heteroatoms. The van der Waals surface area contributed by atoms with Gasteiger partial charge in [-0.15, -0.1) is 0 Å². The minimum Gasteiger partial charge on any atom is -0.507 e. The molecule has 0 saturated heterocycles. The molecule has 0 aliphatic heterocycles. The number of aliphatic carboxylic acids is 1. The van der Waals surface area contributed by atoms with Crippen LogP contribution in [0.3, 0.4) is 0 Å². The Morgan fingerprint density at radius 3 is 1.78 bits per heavy atom. The fourth-order valence-corrected chi connectivity index (χ4v) is 4.58. The lowest BCUT2D eigenvalue weighted by Crippen LogP contribution is -2.21. The Morgan fingerprint density at radius 1 is 0.838 bits per heavy atom. The van der Waals surface area contributed by atoms with Gasteiger partial charge in [-0.25, -0.2) is 4.79 Å². The molecule has 0 saturated carbocycles. The molecule has 2 aromatic rings. The number of hydrogen-bond acceptors (Lipinski definition) is 4. The molecule has 2 N–H and O–H groups in total. The van der Waals surface area contributed by atoms with Gasteiger partial charge in [-0.05, 0) is 52.3 Å². The molecule has 0 aliphatic carbocycles. The highest BCUT2D eigenvalue weighted by Crippen LogP contribution is 2.41. The van der Waals surface area contributed by atoms with Crippen LogP contribution in [0, 0.1) is 0 Å². The van der Waals surface area contributed by atoms with Gasteiger partial charge < -0.3 is 14.9 Å². The van der Waals surface area contributed by atoms with Crippen molar-refractivity contribution >= 4 is 11.9 Å². The van der Waals surface area contributed by atoms with Gasteiger partial charge in [0, 0.05) is 16.7 Å². The third-order valence-corrected chi connectivity index (χ3v) is 6.77. The number of ether oxygens (including phenoxy) is 1. The first-order chi connectivity index (χ1) is 16.9. The first-order valence-corrected chi connectivity index (χ1v) is 13.3. The Labute approximate surface area is 223 Å². The summed E-state index contributed by atoms with van der Waals surface area (Å²) in [4.78, 5) is 25.0. The monoisotopic (exact) mass is 510 g/mol. The first-order valence-electron chi connectivity index (χ1n) is 13.3. The van der Waals surface area contributed by atoms with Gasteiger partial charge in [-0.3, -0.25) is 4.79 Å². The van der Waals surface area contributed by atoms with Gasteiger partial charge in [-0.2, -0.15) is 0 Å². The van der Waals surface area contributed by atoms with Gasteiger partial charge >= 0.3 is 11.9 Å². The molecule has 0 heterocycles. The maximum atomic E-state index is 13.5. The molecule has 0 radical (unpaired) electrons. The largest absolute Gasteiger partial charge is 0.507 e. The molecule has 2 aromatic carbocycles. The number of esters is 1. The molecular weight excluding hydrogens is 464 g/mol. The van der Waals surface area contributed by atoms with E-state index >= 15 is 0 Å². The number of benzene rings is 2. The number of phenols is 1. The molecule has 1 unspecified atom stereocenters. The van der Waals surface area contributed by atoms with Crippen LogP contribution in [0.5, 0.6) is 11.5 Å². The number of rotatable bonds is 8. The van der Waals surface area contributed by atoms with Crippen LogP contribution in [0.15, 0.2) is 30.3 Å². The van der Waals surface area contributed by atoms with Crippen LogP contribution in [0.25, 0.3) is 0 Å². The number of carbonyl (C=O) groups excluding carboxylic acids is 1. The normalized spacial score (nSPS) is 13.4. The molecule has 0 aromatic heterocycles. The maximum absolute atomic E-state index is 13.5. The fraction of sp³-hybridized carbons (Fsp3) is 0.562. The first kappa shape index (κ1) is 30.4. The number of carbonyl (C=O) groups is 2. The van der Waals surface area contributed by atoms with Crippen molar-refractivity contribution in [3.63, 3.8) is 0 Å². The van der Waals surface area contributed by atoms with Crippen molar-refractivity contribution < 1.29 is 24.5 Å². The minimum absolute atomic E-state index is 0.0708. The highest BCUT2D eigenvalue weighted by atomic mass is 16.5. The van der Waals surface area contributed by atoms with Crippen LogP contribution >= 0.6 is 0 Å². The van der Waals surface area contributed by atoms with E-state index in [4.69, 9.17) is 4.74 Å². The van der Waals surface area contributed by atoms with E-state index < -0.39 is 11.9 Å². The average molecular weight is 511 g/mol. The summed E-state index contributed by atoms with van der Waals surface area (Å²) in [5.41, 5.74) is 2.55. The van der Waals surface area contributed by atoms with Crippen LogP contribution in [-0.2, 0) is 21.0 Å². The van der Waals surface area contributed by atoms with Crippen molar-refractivity contribution in [2.24, 2.45) is 0 Å². The molecule has 0 aliphatic rings. The number of phenolic OH excluding ortho intramolecular Hbond substituents is 1. The zero-order valence-corrected chi connectivity index (χ0v) is 24.4. The van der Waals surface area contributed by atoms with Gasteiger partial charge in [0.05, 0.1) is 12.0 Å². The molecule has 0 amide bonds. The smallest absolute Gasteiger partial charge is 0.343 e. The van der Waals surface area contributed by atoms with Crippen LogP contribution in [-0.4, -0.2) is 22.2 Å². The standard InChI is InChI=1S/C32H46O5/c1-11-12-13-20(19-27(33)34)21-14-15-26(23(16-21)30(2,3)4)37-29(36)22-17-24(31(5,6)7)28(35)25(18-22)32(8,9)10/h14-18,20,35H,11-13,19H2,1-10H3,(H,33,34). The topological polar surface area (TPSA) is 83.8 Å². The van der Waals surface area contributed by atoms with Gasteiger partial charge in [-0.1, -0.05) is 94.2 Å². The molecule has 1 atom stereocenters. The third-order valence-electron chi connectivity index (χ3n) is 6.77. The van der Waals surface area contributed by atoms with Gasteiger partial charge in [0.2, 0.25) is 0 Å². The van der Waals surface area contributed by atoms with Crippen LogP contribution in [0.1, 0.15) is 133 Å². The highest BCUT2D eigenvalue weighted by Gasteiger charge is 2.29. The van der Waals surface area contributed by atoms with Crippen LogP contribution in [0.2, 0.25) is 0 Å². The van der Waals surface area contributed by atoms with Crippen molar-refractivity contribution in [1.82, 2.24) is 0 Å². The summed E-state index contributed by atoms with van der Waals surface area (Å²) in [5, 5.41) is 20.5. The zero-order chi connectivity index (χ0) is 28.3. The Hall–Kier alpha value is -2.82. The van der Waals surface area contributed by atoms with Crippen molar-refractivity contribution in [2.45, 2.75) is 117 Å². The third kappa shape index (κ3) is 7.83. The molecule has 0 bridgehead atoms. The lowest BCUT2D eigenvalue weighted by molar-refractivity contribution is -0.137. The molecule has 37 heavy (non-hydrogen) atoms. The second-order valence-electron chi connectivity index (χ2n) is 13.3. The zero-order valence-electron chi connectivity index (χ0n) is 24.4. The maximum Gasteiger partial charge on any atom is 0.343 e. The molecular formula is C32H46O5. The van der Waals surface area contributed by atoms with E-state index in [1.807, 2.05) is 53.7 Å². The van der Waals surface area contributed by atoms with Crippen molar-refractivity contribution in [3.8, 4) is 11.5 Å². The van der Waals surface area contributed by atoms with E-state index in [-0.39, 0.29) is 34.3 Å². The van der Waals surface area contributed by atoms with Gasteiger partial charge in [0.25, 0.3) is 0 Å². The van der Waals surface area contributed by atoms with Gasteiger partial charge in [0.1, 0.15) is 11.5 Å². The fourth-order valence-electron chi connectivity index (χ4n) is 4.58. The average Bonchev–Trinajstić information content (AvgIpc) is 2.74. The molecule has 2 rings (SSSR count). The van der Waals surface area contributed by atoms with E-state index in [0.29, 0.717) is 22.4 Å². The number of hydrogen-bond donors (Lipinski definition) is 2. The predicted octanol–water partition coefficient (Wildman–Crippen LogP) is 8.25. The summed E-state index contributed by atoms with van der Waals surface area (Å²) in [5.74, 6) is -0.710. The summed E-state index contributed by atoms with van der Waals surface area (Å²) < 4.78 is 5.99. The molecule has 204 valence electrons. The number of carboxylic acids is 1. The molecule has 5 nitrogen and oxygen atoms in total. The summed E-state index contributed by atoms with van der Waals surface area (Å²) in [7, 11) is 0. The predicted molar refractivity (Wildman–Crippen MR) is 150 cm³/mol. The van der Waals surface area contributed by atoms with E-state index in [0.717, 1.165) is 30.4 Å². The lowest BCUT2D eigenvalue weighted by atomic mass is 9.78. The SMILES string of the molecule is CCCCC(CC(=O)O)c1ccc(OC(=O)c2cc(C(C)(C)C)c(O)c(C(C)(C)C)c2)c(C(C)(C)C)c1. The van der Waals surface area contributed by atoms with Crippen molar-refractivity contribution in [3.05, 3.63) is 58.1 Å². The number of unbranched alkanes of at least 4 members (excludes halogenated alkanes) is 1. The summed E-state index contributed by atoms with van der Waals surface area (Å²) >= 11 is 0. The summed E-state index contributed by atoms with van der Waals surface area (Å²) in [6, 6.07) is 9.14. The van der Waals surface area contributed by atoms with E-state index in [1.165, 1.54) is 0 Å². The summed E-state index contributed by atoms with van der Waals surface area (Å²) in [6.45, 7) is 20.3. The Morgan fingerprint density at radius 2 is 1.35 bits per heavy atom. The Balaban J connectivity index is 2.56. The van der Waals surface area contributed by atoms with Crippen molar-refractivity contribution in [1.29, 1.82) is 0 Å². The Bertz CT molecular complexity index is 1090. The van der Waals surface area contributed by atoms with Crippen LogP contribution < -0.4 is 4.74 Å². The lowest BCUT2D eigenvalue weighted by Gasteiger charge is -2.28. The minimum atomic E-state index is -0.814. The number of carboxylic acid groups (broad SMARTS) is 1. The van der Waals surface area contributed by atoms with E-state index in [1.54, 1.807) is 18.2 Å². The van der Waals surface area contributed by atoms with Crippen LogP contribution in [0.4, 0.5) is 0 Å². The molecule has 0 fully saturated rings. The Kier molecular flexibility index (Phi) is 9.27. The van der Waals surface area contributed by atoms with E-state index in [9.17, 15) is 19.8 Å². The number of aromatic hydroxyl groups is 1. The second kappa shape index (κ2) is 11.3.